The molecule has 0 radical (unpaired) electrons. The monoisotopic (exact) mass is 239 g/mol. The SMILES string of the molecule is CC(C)CCNCCn1ccn(C)c(=O)c1=O. The van der Waals surface area contributed by atoms with Crippen molar-refractivity contribution in [2.75, 3.05) is 13.1 Å². The summed E-state index contributed by atoms with van der Waals surface area (Å²) in [4.78, 5) is 22.9. The molecule has 1 rings (SSSR count). The molecule has 0 spiro atoms. The molecule has 0 fully saturated rings. The number of nitrogens with one attached hydrogen (secondary N) is 1. The standard InChI is InChI=1S/C12H21N3O2/c1-10(2)4-5-13-6-7-15-9-8-14(3)11(16)12(15)17/h8-10,13H,4-7H2,1-3H3. The van der Waals surface area contributed by atoms with Crippen LogP contribution >= 0.6 is 0 Å². The third kappa shape index (κ3) is 4.19. The lowest BCUT2D eigenvalue weighted by molar-refractivity contribution is 0.512. The minimum atomic E-state index is -0.477. The van der Waals surface area contributed by atoms with Gasteiger partial charge in [0, 0.05) is 32.5 Å². The topological polar surface area (TPSA) is 56.0 Å². The molecule has 0 bridgehead atoms. The van der Waals surface area contributed by atoms with Gasteiger partial charge in [0.05, 0.1) is 0 Å². The van der Waals surface area contributed by atoms with Gasteiger partial charge in [0.2, 0.25) is 0 Å². The van der Waals surface area contributed by atoms with Crippen molar-refractivity contribution in [3.05, 3.63) is 33.1 Å². The van der Waals surface area contributed by atoms with Gasteiger partial charge in [-0.3, -0.25) is 9.59 Å². The Labute approximate surface area is 101 Å². The maximum atomic E-state index is 11.6. The molecule has 0 atom stereocenters. The molecule has 1 aromatic heterocycles. The smallest absolute Gasteiger partial charge is 0.315 e. The van der Waals surface area contributed by atoms with Crippen LogP contribution in [-0.2, 0) is 13.6 Å². The van der Waals surface area contributed by atoms with Gasteiger partial charge in [-0.2, -0.15) is 0 Å². The van der Waals surface area contributed by atoms with Crippen LogP contribution in [0, 0.1) is 5.92 Å². The van der Waals surface area contributed by atoms with Crippen LogP contribution in [0.5, 0.6) is 0 Å². The largest absolute Gasteiger partial charge is 0.316 e. The molecule has 1 heterocycles. The molecule has 0 saturated heterocycles. The van der Waals surface area contributed by atoms with E-state index in [0.29, 0.717) is 19.0 Å². The minimum Gasteiger partial charge on any atom is -0.315 e. The van der Waals surface area contributed by atoms with E-state index in [2.05, 4.69) is 19.2 Å². The first kappa shape index (κ1) is 13.7. The second kappa shape index (κ2) is 6.39. The van der Waals surface area contributed by atoms with Crippen LogP contribution in [0.25, 0.3) is 0 Å². The molecule has 5 nitrogen and oxygen atoms in total. The van der Waals surface area contributed by atoms with Crippen molar-refractivity contribution in [2.45, 2.75) is 26.8 Å². The predicted molar refractivity (Wildman–Crippen MR) is 68.3 cm³/mol. The van der Waals surface area contributed by atoms with Gasteiger partial charge in [-0.25, -0.2) is 0 Å². The van der Waals surface area contributed by atoms with Crippen LogP contribution in [-0.4, -0.2) is 22.2 Å². The summed E-state index contributed by atoms with van der Waals surface area (Å²) in [7, 11) is 1.58. The molecule has 0 amide bonds. The summed E-state index contributed by atoms with van der Waals surface area (Å²) in [5.41, 5.74) is -0.935. The fourth-order valence-corrected chi connectivity index (χ4v) is 1.48. The molecular weight excluding hydrogens is 218 g/mol. The fourth-order valence-electron chi connectivity index (χ4n) is 1.48. The molecule has 0 aromatic carbocycles. The van der Waals surface area contributed by atoms with Gasteiger partial charge in [0.15, 0.2) is 0 Å². The van der Waals surface area contributed by atoms with Crippen molar-refractivity contribution in [1.29, 1.82) is 0 Å². The van der Waals surface area contributed by atoms with Crippen LogP contribution in [0.4, 0.5) is 0 Å². The summed E-state index contributed by atoms with van der Waals surface area (Å²) in [6.45, 7) is 6.53. The van der Waals surface area contributed by atoms with Gasteiger partial charge in [0.25, 0.3) is 0 Å². The molecule has 0 aliphatic carbocycles. The number of hydrogen-bond acceptors (Lipinski definition) is 3. The zero-order valence-electron chi connectivity index (χ0n) is 10.8. The highest BCUT2D eigenvalue weighted by atomic mass is 16.2. The van der Waals surface area contributed by atoms with Crippen LogP contribution in [0.2, 0.25) is 0 Å². The first-order chi connectivity index (χ1) is 8.02. The summed E-state index contributed by atoms with van der Waals surface area (Å²) >= 11 is 0. The van der Waals surface area contributed by atoms with E-state index in [0.717, 1.165) is 13.0 Å². The molecule has 96 valence electrons. The zero-order valence-corrected chi connectivity index (χ0v) is 10.8. The average Bonchev–Trinajstić information content (AvgIpc) is 2.28. The second-order valence-corrected chi connectivity index (χ2v) is 4.65. The molecule has 1 aromatic rings. The van der Waals surface area contributed by atoms with Gasteiger partial charge in [0.1, 0.15) is 0 Å². The summed E-state index contributed by atoms with van der Waals surface area (Å²) in [6.07, 6.45) is 4.37. The van der Waals surface area contributed by atoms with E-state index in [1.165, 1.54) is 9.13 Å². The Morgan fingerprint density at radius 1 is 1.18 bits per heavy atom. The Kier molecular flexibility index (Phi) is 5.15. The van der Waals surface area contributed by atoms with E-state index in [4.69, 9.17) is 0 Å². The lowest BCUT2D eigenvalue weighted by Gasteiger charge is -2.08. The Balaban J connectivity index is 2.46. The van der Waals surface area contributed by atoms with Crippen molar-refractivity contribution in [3.63, 3.8) is 0 Å². The molecule has 0 aliphatic rings. The first-order valence-corrected chi connectivity index (χ1v) is 5.99. The molecule has 1 N–H and O–H groups in total. The molecule has 0 aliphatic heterocycles. The summed E-state index contributed by atoms with van der Waals surface area (Å²) in [5.74, 6) is 0.675. The minimum absolute atomic E-state index is 0.458. The second-order valence-electron chi connectivity index (χ2n) is 4.65. The molecule has 17 heavy (non-hydrogen) atoms. The maximum Gasteiger partial charge on any atom is 0.316 e. The third-order valence-corrected chi connectivity index (χ3v) is 2.66. The van der Waals surface area contributed by atoms with Gasteiger partial charge in [-0.05, 0) is 18.9 Å². The highest BCUT2D eigenvalue weighted by Crippen LogP contribution is 1.95. The molecular formula is C12H21N3O2. The van der Waals surface area contributed by atoms with E-state index in [1.807, 2.05) is 0 Å². The predicted octanol–water partition coefficient (Wildman–Crippen LogP) is 0.183. The van der Waals surface area contributed by atoms with Crippen LogP contribution in [0.15, 0.2) is 22.0 Å². The quantitative estimate of drug-likeness (QED) is 0.569. The van der Waals surface area contributed by atoms with Crippen molar-refractivity contribution in [1.82, 2.24) is 14.5 Å². The van der Waals surface area contributed by atoms with Gasteiger partial charge < -0.3 is 14.5 Å². The Morgan fingerprint density at radius 3 is 2.53 bits per heavy atom. The van der Waals surface area contributed by atoms with Crippen molar-refractivity contribution in [2.24, 2.45) is 13.0 Å². The molecule has 0 unspecified atom stereocenters. The lowest BCUT2D eigenvalue weighted by Crippen LogP contribution is -2.40. The summed E-state index contributed by atoms with van der Waals surface area (Å²) < 4.78 is 2.75. The lowest BCUT2D eigenvalue weighted by atomic mass is 10.1. The van der Waals surface area contributed by atoms with E-state index in [1.54, 1.807) is 19.4 Å². The highest BCUT2D eigenvalue weighted by Gasteiger charge is 2.01. The number of aromatic nitrogens is 2. The highest BCUT2D eigenvalue weighted by molar-refractivity contribution is 4.84. The normalized spacial score (nSPS) is 11.1. The first-order valence-electron chi connectivity index (χ1n) is 5.99. The number of rotatable bonds is 6. The Bertz CT molecular complexity index is 460. The Hall–Kier alpha value is -1.36. The van der Waals surface area contributed by atoms with E-state index in [9.17, 15) is 9.59 Å². The summed E-state index contributed by atoms with van der Waals surface area (Å²) in [5, 5.41) is 3.26. The number of hydrogen-bond donors (Lipinski definition) is 1. The maximum absolute atomic E-state index is 11.6. The van der Waals surface area contributed by atoms with Gasteiger partial charge in [-0.15, -0.1) is 0 Å². The van der Waals surface area contributed by atoms with E-state index < -0.39 is 11.1 Å². The number of nitrogens with zero attached hydrogens (tertiary/aromatic N) is 2. The fraction of sp³-hybridized carbons (Fsp3) is 0.667. The zero-order chi connectivity index (χ0) is 12.8. The van der Waals surface area contributed by atoms with Gasteiger partial charge >= 0.3 is 11.1 Å². The van der Waals surface area contributed by atoms with E-state index >= 15 is 0 Å². The average molecular weight is 239 g/mol. The van der Waals surface area contributed by atoms with Crippen molar-refractivity contribution >= 4 is 0 Å². The van der Waals surface area contributed by atoms with Crippen LogP contribution < -0.4 is 16.4 Å². The summed E-state index contributed by atoms with van der Waals surface area (Å²) in [6, 6.07) is 0. The van der Waals surface area contributed by atoms with Crippen molar-refractivity contribution in [3.8, 4) is 0 Å². The van der Waals surface area contributed by atoms with E-state index in [-0.39, 0.29) is 0 Å². The van der Waals surface area contributed by atoms with Crippen LogP contribution in [0.3, 0.4) is 0 Å². The van der Waals surface area contributed by atoms with Crippen molar-refractivity contribution < 1.29 is 0 Å². The van der Waals surface area contributed by atoms with Gasteiger partial charge in [-0.1, -0.05) is 13.8 Å². The third-order valence-electron chi connectivity index (χ3n) is 2.66. The van der Waals surface area contributed by atoms with Crippen LogP contribution in [0.1, 0.15) is 20.3 Å². The number of aryl methyl sites for hydroxylation is 1. The molecule has 0 saturated carbocycles. The Morgan fingerprint density at radius 2 is 1.88 bits per heavy atom. The molecule has 5 heteroatoms.